The summed E-state index contributed by atoms with van der Waals surface area (Å²) in [6.45, 7) is 2.08. The number of nitrogens with two attached hydrogens (primary N) is 1. The molecule has 2 N–H and O–H groups in total. The summed E-state index contributed by atoms with van der Waals surface area (Å²) in [5, 5.41) is 0. The fourth-order valence-electron chi connectivity index (χ4n) is 1.02. The van der Waals surface area contributed by atoms with Gasteiger partial charge in [-0.05, 0) is 30.2 Å². The predicted molar refractivity (Wildman–Crippen MR) is 59.1 cm³/mol. The third-order valence-corrected chi connectivity index (χ3v) is 3.01. The molecule has 3 heteroatoms. The van der Waals surface area contributed by atoms with Gasteiger partial charge in [0.15, 0.2) is 0 Å². The lowest BCUT2D eigenvalue weighted by Crippen LogP contribution is -2.09. The van der Waals surface area contributed by atoms with E-state index in [9.17, 15) is 0 Å². The maximum atomic E-state index is 5.91. The molecule has 0 heterocycles. The van der Waals surface area contributed by atoms with E-state index in [1.165, 1.54) is 0 Å². The zero-order chi connectivity index (χ0) is 9.14. The Morgan fingerprint density at radius 2 is 2.08 bits per heavy atom. The summed E-state index contributed by atoms with van der Waals surface area (Å²) >= 11 is 6.89. The van der Waals surface area contributed by atoms with E-state index in [0.29, 0.717) is 0 Å². The van der Waals surface area contributed by atoms with Crippen LogP contribution in [-0.4, -0.2) is 0 Å². The molecule has 0 aliphatic carbocycles. The highest BCUT2D eigenvalue weighted by Crippen LogP contribution is 2.26. The van der Waals surface area contributed by atoms with E-state index in [-0.39, 0.29) is 6.04 Å². The maximum Gasteiger partial charge on any atom is 0.0303 e. The summed E-state index contributed by atoms with van der Waals surface area (Å²) < 4.78 is 2.16. The van der Waals surface area contributed by atoms with Crippen molar-refractivity contribution in [2.24, 2.45) is 5.73 Å². The highest BCUT2D eigenvalue weighted by atomic mass is 79.9. The number of halogens is 2. The van der Waals surface area contributed by atoms with Gasteiger partial charge >= 0.3 is 0 Å². The minimum absolute atomic E-state index is 0.122. The molecule has 1 nitrogen and oxygen atoms in total. The molecule has 1 aromatic carbocycles. The van der Waals surface area contributed by atoms with Crippen LogP contribution < -0.4 is 5.73 Å². The minimum Gasteiger partial charge on any atom is -0.324 e. The van der Waals surface area contributed by atoms with Gasteiger partial charge in [0.2, 0.25) is 0 Å². The lowest BCUT2D eigenvalue weighted by Gasteiger charge is -2.11. The first-order valence-electron chi connectivity index (χ1n) is 3.85. The molecule has 0 saturated carbocycles. The zero-order valence-electron chi connectivity index (χ0n) is 6.85. The first-order chi connectivity index (χ1) is 5.65. The molecule has 0 aliphatic rings. The monoisotopic (exact) mass is 291 g/mol. The molecular formula is C9H11Br2N. The van der Waals surface area contributed by atoms with Crippen LogP contribution in [-0.2, 0) is 0 Å². The van der Waals surface area contributed by atoms with Crippen LogP contribution >= 0.6 is 31.9 Å². The third-order valence-electron chi connectivity index (χ3n) is 1.80. The first kappa shape index (κ1) is 10.2. The standard InChI is InChI=1S/C9H11Br2N/c1-2-9(12)7-5-6(10)3-4-8(7)11/h3-5,9H,2,12H2,1H3/t9-/m0/s1. The van der Waals surface area contributed by atoms with Crippen LogP contribution in [0, 0.1) is 0 Å². The molecule has 0 amide bonds. The van der Waals surface area contributed by atoms with Crippen LogP contribution in [0.2, 0.25) is 0 Å². The van der Waals surface area contributed by atoms with Crippen molar-refractivity contribution in [2.45, 2.75) is 19.4 Å². The molecular weight excluding hydrogens is 282 g/mol. The highest BCUT2D eigenvalue weighted by molar-refractivity contribution is 9.11. The van der Waals surface area contributed by atoms with Gasteiger partial charge in [-0.15, -0.1) is 0 Å². The summed E-state index contributed by atoms with van der Waals surface area (Å²) in [6.07, 6.45) is 0.953. The summed E-state index contributed by atoms with van der Waals surface area (Å²) in [5.41, 5.74) is 7.07. The van der Waals surface area contributed by atoms with Crippen molar-refractivity contribution in [1.82, 2.24) is 0 Å². The Morgan fingerprint density at radius 3 is 2.67 bits per heavy atom. The van der Waals surface area contributed by atoms with E-state index < -0.39 is 0 Å². The topological polar surface area (TPSA) is 26.0 Å². The second-order valence-corrected chi connectivity index (χ2v) is 4.45. The third kappa shape index (κ3) is 2.31. The SMILES string of the molecule is CC[C@H](N)c1cc(Br)ccc1Br. The van der Waals surface area contributed by atoms with Crippen molar-refractivity contribution in [3.05, 3.63) is 32.7 Å². The second kappa shape index (κ2) is 4.40. The Balaban J connectivity index is 3.04. The van der Waals surface area contributed by atoms with Gasteiger partial charge in [0.05, 0.1) is 0 Å². The first-order valence-corrected chi connectivity index (χ1v) is 5.44. The number of hydrogen-bond acceptors (Lipinski definition) is 1. The molecule has 0 aliphatic heterocycles. The Hall–Kier alpha value is 0.140. The maximum absolute atomic E-state index is 5.91. The Morgan fingerprint density at radius 1 is 1.42 bits per heavy atom. The molecule has 0 bridgehead atoms. The second-order valence-electron chi connectivity index (χ2n) is 2.68. The minimum atomic E-state index is 0.122. The van der Waals surface area contributed by atoms with Gasteiger partial charge in [-0.3, -0.25) is 0 Å². The molecule has 0 aromatic heterocycles. The van der Waals surface area contributed by atoms with Gasteiger partial charge in [-0.1, -0.05) is 38.8 Å². The van der Waals surface area contributed by atoms with E-state index >= 15 is 0 Å². The zero-order valence-corrected chi connectivity index (χ0v) is 10.0. The van der Waals surface area contributed by atoms with Gasteiger partial charge in [0, 0.05) is 15.0 Å². The number of benzene rings is 1. The molecule has 1 atom stereocenters. The highest BCUT2D eigenvalue weighted by Gasteiger charge is 2.07. The van der Waals surface area contributed by atoms with Crippen LogP contribution in [0.1, 0.15) is 24.9 Å². The van der Waals surface area contributed by atoms with E-state index in [4.69, 9.17) is 5.73 Å². The Bertz CT molecular complexity index is 273. The summed E-state index contributed by atoms with van der Waals surface area (Å²) in [6, 6.07) is 6.18. The van der Waals surface area contributed by atoms with Crippen LogP contribution in [0.15, 0.2) is 27.1 Å². The quantitative estimate of drug-likeness (QED) is 0.885. The molecule has 0 unspecified atom stereocenters. The lowest BCUT2D eigenvalue weighted by molar-refractivity contribution is 0.695. The summed E-state index contributed by atoms with van der Waals surface area (Å²) in [5.74, 6) is 0. The molecule has 0 spiro atoms. The van der Waals surface area contributed by atoms with Crippen molar-refractivity contribution in [3.63, 3.8) is 0 Å². The van der Waals surface area contributed by atoms with E-state index in [2.05, 4.69) is 44.8 Å². The van der Waals surface area contributed by atoms with Gasteiger partial charge in [0.25, 0.3) is 0 Å². The lowest BCUT2D eigenvalue weighted by atomic mass is 10.1. The van der Waals surface area contributed by atoms with E-state index in [1.54, 1.807) is 0 Å². The average molecular weight is 293 g/mol. The molecule has 0 radical (unpaired) electrons. The van der Waals surface area contributed by atoms with Gasteiger partial charge in [-0.2, -0.15) is 0 Å². The largest absolute Gasteiger partial charge is 0.324 e. The van der Waals surface area contributed by atoms with Crippen molar-refractivity contribution in [1.29, 1.82) is 0 Å². The predicted octanol–water partition coefficient (Wildman–Crippen LogP) is 3.62. The average Bonchev–Trinajstić information content (AvgIpc) is 2.08. The molecule has 1 aromatic rings. The van der Waals surface area contributed by atoms with Crippen LogP contribution in [0.25, 0.3) is 0 Å². The molecule has 66 valence electrons. The van der Waals surface area contributed by atoms with Crippen molar-refractivity contribution < 1.29 is 0 Å². The van der Waals surface area contributed by atoms with Crippen LogP contribution in [0.3, 0.4) is 0 Å². The van der Waals surface area contributed by atoms with Crippen LogP contribution in [0.4, 0.5) is 0 Å². The van der Waals surface area contributed by atoms with Crippen LogP contribution in [0.5, 0.6) is 0 Å². The summed E-state index contributed by atoms with van der Waals surface area (Å²) in [4.78, 5) is 0. The molecule has 0 fully saturated rings. The molecule has 1 rings (SSSR count). The Kier molecular flexibility index (Phi) is 3.75. The van der Waals surface area contributed by atoms with Crippen molar-refractivity contribution >= 4 is 31.9 Å². The van der Waals surface area contributed by atoms with E-state index in [1.807, 2.05) is 12.1 Å². The van der Waals surface area contributed by atoms with Gasteiger partial charge in [-0.25, -0.2) is 0 Å². The smallest absolute Gasteiger partial charge is 0.0303 e. The fourth-order valence-corrected chi connectivity index (χ4v) is 1.94. The summed E-state index contributed by atoms with van der Waals surface area (Å²) in [7, 11) is 0. The van der Waals surface area contributed by atoms with E-state index in [0.717, 1.165) is 20.9 Å². The normalized spacial score (nSPS) is 13.0. The van der Waals surface area contributed by atoms with Crippen molar-refractivity contribution in [3.8, 4) is 0 Å². The van der Waals surface area contributed by atoms with Crippen molar-refractivity contribution in [2.75, 3.05) is 0 Å². The molecule has 0 saturated heterocycles. The Labute approximate surface area is 89.6 Å². The van der Waals surface area contributed by atoms with Gasteiger partial charge < -0.3 is 5.73 Å². The fraction of sp³-hybridized carbons (Fsp3) is 0.333. The number of hydrogen-bond donors (Lipinski definition) is 1. The molecule has 12 heavy (non-hydrogen) atoms. The number of rotatable bonds is 2. The van der Waals surface area contributed by atoms with Gasteiger partial charge in [0.1, 0.15) is 0 Å².